The Hall–Kier alpha value is -1.51. The minimum Gasteiger partial charge on any atom is -0.399 e. The van der Waals surface area contributed by atoms with E-state index in [-0.39, 0.29) is 5.69 Å². The Morgan fingerprint density at radius 2 is 1.79 bits per heavy atom. The molecule has 19 heavy (non-hydrogen) atoms. The number of nitrogen functional groups attached to an aromatic ring is 1. The average Bonchev–Trinajstić information content (AvgIpc) is 2.23. The van der Waals surface area contributed by atoms with E-state index in [4.69, 9.17) is 5.73 Å². The molecule has 0 unspecified atom stereocenters. The van der Waals surface area contributed by atoms with E-state index in [2.05, 4.69) is 0 Å². The van der Waals surface area contributed by atoms with Crippen molar-refractivity contribution in [3.8, 4) is 0 Å². The molecule has 1 aromatic carbocycles. The van der Waals surface area contributed by atoms with Crippen LogP contribution in [0.5, 0.6) is 0 Å². The molecule has 0 bridgehead atoms. The zero-order valence-electron chi connectivity index (χ0n) is 9.35. The quantitative estimate of drug-likeness (QED) is 0.510. The number of amides is 1. The summed E-state index contributed by atoms with van der Waals surface area (Å²) in [4.78, 5) is 10.6. The molecule has 0 aliphatic heterocycles. The van der Waals surface area contributed by atoms with Gasteiger partial charge in [-0.15, -0.1) is 11.8 Å². The van der Waals surface area contributed by atoms with Crippen LogP contribution < -0.4 is 11.1 Å². The maximum atomic E-state index is 13.3. The zero-order chi connectivity index (χ0) is 14.6. The number of nitrogens with one attached hydrogen (secondary N) is 1. The molecular formula is C10H9F5N2OS. The first-order valence-corrected chi connectivity index (χ1v) is 5.88. The van der Waals surface area contributed by atoms with Crippen molar-refractivity contribution in [3.63, 3.8) is 0 Å². The van der Waals surface area contributed by atoms with Gasteiger partial charge in [-0.2, -0.15) is 13.2 Å². The molecule has 9 heteroatoms. The number of anilines is 1. The predicted molar refractivity (Wildman–Crippen MR) is 60.6 cm³/mol. The first-order chi connectivity index (χ1) is 8.69. The number of hydrogen-bond donors (Lipinski definition) is 2. The first-order valence-electron chi connectivity index (χ1n) is 4.90. The van der Waals surface area contributed by atoms with Crippen LogP contribution in [0.1, 0.15) is 0 Å². The summed E-state index contributed by atoms with van der Waals surface area (Å²) in [7, 11) is 0. The Morgan fingerprint density at radius 3 is 2.26 bits per heavy atom. The number of hydrogen-bond acceptors (Lipinski definition) is 3. The number of carbonyl (C=O) groups excluding carboxylic acids is 1. The van der Waals surface area contributed by atoms with Crippen LogP contribution in [0.2, 0.25) is 0 Å². The predicted octanol–water partition coefficient (Wildman–Crippen LogP) is 2.32. The molecule has 0 atom stereocenters. The summed E-state index contributed by atoms with van der Waals surface area (Å²) in [5, 5.41) is 1.59. The van der Waals surface area contributed by atoms with E-state index in [0.717, 1.165) is 12.1 Å². The van der Waals surface area contributed by atoms with Gasteiger partial charge < -0.3 is 11.1 Å². The lowest BCUT2D eigenvalue weighted by atomic mass is 10.3. The molecule has 0 aromatic heterocycles. The molecule has 0 saturated carbocycles. The van der Waals surface area contributed by atoms with Crippen molar-refractivity contribution in [2.24, 2.45) is 0 Å². The van der Waals surface area contributed by atoms with E-state index < -0.39 is 40.9 Å². The van der Waals surface area contributed by atoms with Crippen LogP contribution in [0.4, 0.5) is 27.6 Å². The first kappa shape index (κ1) is 15.5. The maximum absolute atomic E-state index is 13.3. The summed E-state index contributed by atoms with van der Waals surface area (Å²) in [6, 6.07) is 1.72. The average molecular weight is 300 g/mol. The largest absolute Gasteiger partial charge is 0.405 e. The van der Waals surface area contributed by atoms with Crippen LogP contribution in [-0.4, -0.2) is 24.4 Å². The molecular weight excluding hydrogens is 291 g/mol. The molecule has 0 saturated heterocycles. The third-order valence-electron chi connectivity index (χ3n) is 1.85. The Balaban J connectivity index is 2.56. The monoisotopic (exact) mass is 300 g/mol. The van der Waals surface area contributed by atoms with E-state index >= 15 is 0 Å². The SMILES string of the molecule is Nc1cc(F)c(SCC(=O)NCC(F)(F)F)c(F)c1. The van der Waals surface area contributed by atoms with E-state index in [1.165, 1.54) is 0 Å². The topological polar surface area (TPSA) is 55.1 Å². The number of alkyl halides is 3. The minimum atomic E-state index is -4.53. The van der Waals surface area contributed by atoms with E-state index in [0.29, 0.717) is 11.8 Å². The molecule has 0 heterocycles. The van der Waals surface area contributed by atoms with Gasteiger partial charge in [0.25, 0.3) is 0 Å². The molecule has 0 spiro atoms. The molecule has 1 rings (SSSR count). The van der Waals surface area contributed by atoms with Crippen LogP contribution in [0.3, 0.4) is 0 Å². The molecule has 0 aliphatic rings. The van der Waals surface area contributed by atoms with Crippen LogP contribution in [0, 0.1) is 11.6 Å². The van der Waals surface area contributed by atoms with Gasteiger partial charge in [0.2, 0.25) is 5.91 Å². The standard InChI is InChI=1S/C10H9F5N2OS/c11-6-1-5(16)2-7(12)9(6)19-3-8(18)17-4-10(13,14)15/h1-2H,3-4,16H2,(H,17,18). The van der Waals surface area contributed by atoms with Gasteiger partial charge in [0.15, 0.2) is 0 Å². The highest BCUT2D eigenvalue weighted by atomic mass is 32.2. The van der Waals surface area contributed by atoms with Crippen molar-refractivity contribution in [1.29, 1.82) is 0 Å². The highest BCUT2D eigenvalue weighted by Gasteiger charge is 2.27. The lowest BCUT2D eigenvalue weighted by Gasteiger charge is -2.09. The van der Waals surface area contributed by atoms with Gasteiger partial charge in [-0.3, -0.25) is 4.79 Å². The lowest BCUT2D eigenvalue weighted by Crippen LogP contribution is -2.34. The summed E-state index contributed by atoms with van der Waals surface area (Å²) >= 11 is 0.456. The second-order valence-electron chi connectivity index (χ2n) is 3.49. The van der Waals surface area contributed by atoms with E-state index in [1.54, 1.807) is 5.32 Å². The van der Waals surface area contributed by atoms with Crippen LogP contribution in [-0.2, 0) is 4.79 Å². The highest BCUT2D eigenvalue weighted by Crippen LogP contribution is 2.27. The number of rotatable bonds is 4. The molecule has 0 aliphatic carbocycles. The number of halogens is 5. The number of nitrogens with two attached hydrogens (primary N) is 1. The second-order valence-corrected chi connectivity index (χ2v) is 4.48. The summed E-state index contributed by atoms with van der Waals surface area (Å²) in [6.45, 7) is -1.49. The summed E-state index contributed by atoms with van der Waals surface area (Å²) in [5.74, 6) is -3.44. The van der Waals surface area contributed by atoms with Gasteiger partial charge in [-0.25, -0.2) is 8.78 Å². The zero-order valence-corrected chi connectivity index (χ0v) is 10.2. The van der Waals surface area contributed by atoms with E-state index in [1.807, 2.05) is 0 Å². The summed E-state index contributed by atoms with van der Waals surface area (Å²) in [5.41, 5.74) is 5.06. The molecule has 1 amide bonds. The van der Waals surface area contributed by atoms with Gasteiger partial charge in [-0.1, -0.05) is 0 Å². The molecule has 0 fully saturated rings. The summed E-state index contributed by atoms with van der Waals surface area (Å²) in [6.07, 6.45) is -4.53. The fourth-order valence-corrected chi connectivity index (χ4v) is 1.88. The summed E-state index contributed by atoms with van der Waals surface area (Å²) < 4.78 is 62.0. The van der Waals surface area contributed by atoms with Crippen molar-refractivity contribution >= 4 is 23.4 Å². The van der Waals surface area contributed by atoms with Gasteiger partial charge in [-0.05, 0) is 12.1 Å². The van der Waals surface area contributed by atoms with Crippen molar-refractivity contribution in [3.05, 3.63) is 23.8 Å². The molecule has 106 valence electrons. The Morgan fingerprint density at radius 1 is 1.26 bits per heavy atom. The lowest BCUT2D eigenvalue weighted by molar-refractivity contribution is -0.136. The normalized spacial score (nSPS) is 11.4. The van der Waals surface area contributed by atoms with Crippen molar-refractivity contribution in [1.82, 2.24) is 5.32 Å². The second kappa shape index (κ2) is 6.09. The molecule has 3 nitrogen and oxygen atoms in total. The third kappa shape index (κ3) is 5.33. The number of benzene rings is 1. The van der Waals surface area contributed by atoms with Gasteiger partial charge in [0.05, 0.1) is 10.6 Å². The van der Waals surface area contributed by atoms with Crippen LogP contribution in [0.25, 0.3) is 0 Å². The van der Waals surface area contributed by atoms with Crippen molar-refractivity contribution in [2.45, 2.75) is 11.1 Å². The fraction of sp³-hybridized carbons (Fsp3) is 0.300. The Labute approximate surface area is 109 Å². The Kier molecular flexibility index (Phi) is 4.98. The number of carbonyl (C=O) groups is 1. The van der Waals surface area contributed by atoms with Crippen molar-refractivity contribution in [2.75, 3.05) is 18.0 Å². The fourth-order valence-electron chi connectivity index (χ4n) is 1.10. The smallest absolute Gasteiger partial charge is 0.399 e. The third-order valence-corrected chi connectivity index (χ3v) is 2.94. The Bertz CT molecular complexity index is 454. The van der Waals surface area contributed by atoms with Gasteiger partial charge >= 0.3 is 6.18 Å². The number of thioether (sulfide) groups is 1. The van der Waals surface area contributed by atoms with Crippen LogP contribution in [0.15, 0.2) is 17.0 Å². The molecule has 0 radical (unpaired) electrons. The van der Waals surface area contributed by atoms with Crippen molar-refractivity contribution < 1.29 is 26.7 Å². The van der Waals surface area contributed by atoms with Gasteiger partial charge in [0.1, 0.15) is 18.2 Å². The van der Waals surface area contributed by atoms with E-state index in [9.17, 15) is 26.7 Å². The van der Waals surface area contributed by atoms with Gasteiger partial charge in [0, 0.05) is 5.69 Å². The highest BCUT2D eigenvalue weighted by molar-refractivity contribution is 8.00. The maximum Gasteiger partial charge on any atom is 0.405 e. The van der Waals surface area contributed by atoms with Crippen LogP contribution >= 0.6 is 11.8 Å². The molecule has 3 N–H and O–H groups in total. The minimum absolute atomic E-state index is 0.124. The molecule has 1 aromatic rings.